The van der Waals surface area contributed by atoms with Gasteiger partial charge in [-0.2, -0.15) is 0 Å². The van der Waals surface area contributed by atoms with Crippen molar-refractivity contribution in [3.05, 3.63) is 65.2 Å². The summed E-state index contributed by atoms with van der Waals surface area (Å²) >= 11 is 0. The Bertz CT molecular complexity index is 631. The Hall–Kier alpha value is -2.09. The van der Waals surface area contributed by atoms with Crippen molar-refractivity contribution in [3.8, 4) is 0 Å². The van der Waals surface area contributed by atoms with E-state index in [9.17, 15) is 4.79 Å². The van der Waals surface area contributed by atoms with Gasteiger partial charge in [0.05, 0.1) is 6.42 Å². The number of amides is 1. The topological polar surface area (TPSA) is 20.3 Å². The van der Waals surface area contributed by atoms with E-state index >= 15 is 0 Å². The lowest BCUT2D eigenvalue weighted by molar-refractivity contribution is -0.118. The molecule has 2 heteroatoms. The first-order chi connectivity index (χ1) is 9.99. The highest BCUT2D eigenvalue weighted by atomic mass is 16.2. The maximum absolute atomic E-state index is 12.7. The zero-order valence-corrected chi connectivity index (χ0v) is 13.3. The van der Waals surface area contributed by atoms with E-state index in [0.29, 0.717) is 6.42 Å². The number of benzene rings is 2. The number of hydrogen-bond donors (Lipinski definition) is 0. The highest BCUT2D eigenvalue weighted by Gasteiger charge is 2.20. The van der Waals surface area contributed by atoms with E-state index in [0.717, 1.165) is 16.8 Å². The molecule has 0 aliphatic rings. The zero-order valence-electron chi connectivity index (χ0n) is 13.3. The molecule has 2 aromatic carbocycles. The molecule has 0 radical (unpaired) electrons. The molecule has 0 bridgehead atoms. The summed E-state index contributed by atoms with van der Waals surface area (Å²) in [4.78, 5) is 14.6. The second-order valence-corrected chi connectivity index (χ2v) is 5.81. The Balaban J connectivity index is 2.27. The zero-order chi connectivity index (χ0) is 15.4. The molecule has 0 atom stereocenters. The molecule has 0 heterocycles. The maximum atomic E-state index is 12.7. The van der Waals surface area contributed by atoms with Crippen molar-refractivity contribution >= 4 is 11.6 Å². The summed E-state index contributed by atoms with van der Waals surface area (Å²) in [6.45, 7) is 8.21. The number of para-hydroxylation sites is 1. The first-order valence-electron chi connectivity index (χ1n) is 7.42. The van der Waals surface area contributed by atoms with E-state index in [1.54, 1.807) is 0 Å². The number of rotatable bonds is 4. The molecule has 0 N–H and O–H groups in total. The molecule has 0 unspecified atom stereocenters. The van der Waals surface area contributed by atoms with E-state index in [1.165, 1.54) is 5.56 Å². The minimum Gasteiger partial charge on any atom is -0.309 e. The Morgan fingerprint density at radius 1 is 1.05 bits per heavy atom. The standard InChI is InChI=1S/C19H23NO/c1-14(2)20(18-11-6-5-9-16(18)4)19(21)13-17-10-7-8-15(3)12-17/h5-12,14H,13H2,1-4H3. The molecule has 0 saturated carbocycles. The van der Waals surface area contributed by atoms with Crippen LogP contribution in [0.4, 0.5) is 5.69 Å². The van der Waals surface area contributed by atoms with Crippen molar-refractivity contribution in [2.75, 3.05) is 4.90 Å². The van der Waals surface area contributed by atoms with E-state index in [-0.39, 0.29) is 11.9 Å². The van der Waals surface area contributed by atoms with Gasteiger partial charge < -0.3 is 4.90 Å². The fourth-order valence-corrected chi connectivity index (χ4v) is 2.62. The van der Waals surface area contributed by atoms with Crippen LogP contribution in [0.3, 0.4) is 0 Å². The molecule has 2 rings (SSSR count). The van der Waals surface area contributed by atoms with Crippen LogP contribution in [0.25, 0.3) is 0 Å². The molecule has 0 spiro atoms. The molecule has 21 heavy (non-hydrogen) atoms. The molecule has 0 aromatic heterocycles. The highest BCUT2D eigenvalue weighted by Crippen LogP contribution is 2.23. The third-order valence-electron chi connectivity index (χ3n) is 3.60. The van der Waals surface area contributed by atoms with E-state index in [2.05, 4.69) is 32.9 Å². The van der Waals surface area contributed by atoms with Crippen molar-refractivity contribution in [2.24, 2.45) is 0 Å². The maximum Gasteiger partial charge on any atom is 0.231 e. The summed E-state index contributed by atoms with van der Waals surface area (Å²) in [7, 11) is 0. The van der Waals surface area contributed by atoms with Crippen LogP contribution in [0, 0.1) is 13.8 Å². The van der Waals surface area contributed by atoms with Crippen molar-refractivity contribution < 1.29 is 4.79 Å². The third-order valence-corrected chi connectivity index (χ3v) is 3.60. The van der Waals surface area contributed by atoms with Gasteiger partial charge in [-0.3, -0.25) is 4.79 Å². The van der Waals surface area contributed by atoms with Gasteiger partial charge in [-0.25, -0.2) is 0 Å². The minimum absolute atomic E-state index is 0.142. The Morgan fingerprint density at radius 3 is 2.38 bits per heavy atom. The lowest BCUT2D eigenvalue weighted by Gasteiger charge is -2.28. The molecule has 1 amide bonds. The second-order valence-electron chi connectivity index (χ2n) is 5.81. The predicted octanol–water partition coefficient (Wildman–Crippen LogP) is 4.29. The molecule has 0 aliphatic carbocycles. The number of nitrogens with zero attached hydrogens (tertiary/aromatic N) is 1. The van der Waals surface area contributed by atoms with Gasteiger partial charge in [0.1, 0.15) is 0 Å². The molecule has 0 saturated heterocycles. The van der Waals surface area contributed by atoms with Crippen molar-refractivity contribution in [3.63, 3.8) is 0 Å². The minimum atomic E-state index is 0.142. The second kappa shape index (κ2) is 6.57. The molecule has 0 aliphatic heterocycles. The predicted molar refractivity (Wildman–Crippen MR) is 88.7 cm³/mol. The van der Waals surface area contributed by atoms with Crippen LogP contribution in [0.15, 0.2) is 48.5 Å². The largest absolute Gasteiger partial charge is 0.309 e. The van der Waals surface area contributed by atoms with Gasteiger partial charge in [0.2, 0.25) is 5.91 Å². The van der Waals surface area contributed by atoms with Crippen LogP contribution in [0.5, 0.6) is 0 Å². The first-order valence-corrected chi connectivity index (χ1v) is 7.42. The van der Waals surface area contributed by atoms with Gasteiger partial charge in [0.15, 0.2) is 0 Å². The summed E-state index contributed by atoms with van der Waals surface area (Å²) in [6.07, 6.45) is 0.439. The number of carbonyl (C=O) groups is 1. The summed E-state index contributed by atoms with van der Waals surface area (Å²) in [6, 6.07) is 16.3. The SMILES string of the molecule is Cc1cccc(CC(=O)N(c2ccccc2C)C(C)C)c1. The van der Waals surface area contributed by atoms with Crippen molar-refractivity contribution in [1.29, 1.82) is 0 Å². The molecule has 2 nitrogen and oxygen atoms in total. The third kappa shape index (κ3) is 3.72. The monoisotopic (exact) mass is 281 g/mol. The van der Waals surface area contributed by atoms with E-state index < -0.39 is 0 Å². The molecule has 0 fully saturated rings. The fraction of sp³-hybridized carbons (Fsp3) is 0.316. The Labute approximate surface area is 127 Å². The summed E-state index contributed by atoms with van der Waals surface area (Å²) < 4.78 is 0. The van der Waals surface area contributed by atoms with Gasteiger partial charge >= 0.3 is 0 Å². The molecule has 2 aromatic rings. The Kier molecular flexibility index (Phi) is 4.79. The van der Waals surface area contributed by atoms with Crippen molar-refractivity contribution in [2.45, 2.75) is 40.2 Å². The van der Waals surface area contributed by atoms with Gasteiger partial charge in [-0.15, -0.1) is 0 Å². The van der Waals surface area contributed by atoms with Crippen LogP contribution in [0.1, 0.15) is 30.5 Å². The van der Waals surface area contributed by atoms with E-state index in [1.807, 2.05) is 48.2 Å². The van der Waals surface area contributed by atoms with Gasteiger partial charge in [-0.05, 0) is 44.9 Å². The lowest BCUT2D eigenvalue weighted by Crippen LogP contribution is -2.38. The van der Waals surface area contributed by atoms with Crippen LogP contribution >= 0.6 is 0 Å². The fourth-order valence-electron chi connectivity index (χ4n) is 2.62. The summed E-state index contributed by atoms with van der Waals surface area (Å²) in [5.74, 6) is 0.143. The van der Waals surface area contributed by atoms with Crippen LogP contribution < -0.4 is 4.90 Å². The molecular formula is C19H23NO. The summed E-state index contributed by atoms with van der Waals surface area (Å²) in [5, 5.41) is 0. The normalized spacial score (nSPS) is 10.7. The number of aryl methyl sites for hydroxylation is 2. The first kappa shape index (κ1) is 15.3. The van der Waals surface area contributed by atoms with Gasteiger partial charge in [-0.1, -0.05) is 48.0 Å². The average molecular weight is 281 g/mol. The van der Waals surface area contributed by atoms with Crippen molar-refractivity contribution in [1.82, 2.24) is 0 Å². The number of carbonyl (C=O) groups excluding carboxylic acids is 1. The highest BCUT2D eigenvalue weighted by molar-refractivity contribution is 5.95. The average Bonchev–Trinajstić information content (AvgIpc) is 2.41. The van der Waals surface area contributed by atoms with Gasteiger partial charge in [0, 0.05) is 11.7 Å². The Morgan fingerprint density at radius 2 is 1.76 bits per heavy atom. The molecule has 110 valence electrons. The lowest BCUT2D eigenvalue weighted by atomic mass is 10.1. The number of hydrogen-bond acceptors (Lipinski definition) is 1. The van der Waals surface area contributed by atoms with Crippen LogP contribution in [0.2, 0.25) is 0 Å². The quantitative estimate of drug-likeness (QED) is 0.818. The van der Waals surface area contributed by atoms with Crippen LogP contribution in [-0.4, -0.2) is 11.9 Å². The van der Waals surface area contributed by atoms with E-state index in [4.69, 9.17) is 0 Å². The summed E-state index contributed by atoms with van der Waals surface area (Å²) in [5.41, 5.74) is 4.39. The van der Waals surface area contributed by atoms with Gasteiger partial charge in [0.25, 0.3) is 0 Å². The molecular weight excluding hydrogens is 258 g/mol. The smallest absolute Gasteiger partial charge is 0.231 e. The number of anilines is 1. The van der Waals surface area contributed by atoms with Crippen LogP contribution in [-0.2, 0) is 11.2 Å².